The minimum absolute atomic E-state index is 0.0279. The number of methoxy groups -OCH3 is 2. The number of esters is 1. The third kappa shape index (κ3) is 4.39. The first-order valence-electron chi connectivity index (χ1n) is 12.8. The molecule has 3 aliphatic carbocycles. The van der Waals surface area contributed by atoms with E-state index in [0.717, 1.165) is 67.2 Å². The number of ether oxygens (including phenoxy) is 4. The molecule has 0 N–H and O–H groups in total. The molecule has 0 unspecified atom stereocenters. The molecule has 2 saturated carbocycles. The lowest BCUT2D eigenvalue weighted by atomic mass is 9.69. The third-order valence-electron chi connectivity index (χ3n) is 7.93. The number of hydrogen-bond acceptors (Lipinski definition) is 6. The highest BCUT2D eigenvalue weighted by atomic mass is 16.6. The molecule has 0 bridgehead atoms. The van der Waals surface area contributed by atoms with E-state index in [-0.39, 0.29) is 24.5 Å². The summed E-state index contributed by atoms with van der Waals surface area (Å²) in [4.78, 5) is 25.6. The summed E-state index contributed by atoms with van der Waals surface area (Å²) in [7, 11) is 3.18. The molecular weight excluding hydrogens is 444 g/mol. The average molecular weight is 479 g/mol. The molecule has 6 heteroatoms. The highest BCUT2D eigenvalue weighted by molar-refractivity contribution is 6.02. The van der Waals surface area contributed by atoms with Crippen molar-refractivity contribution < 1.29 is 28.5 Å². The zero-order valence-corrected chi connectivity index (χ0v) is 20.7. The molecule has 0 saturated heterocycles. The molecule has 0 heterocycles. The second-order valence-corrected chi connectivity index (χ2v) is 10.0. The highest BCUT2D eigenvalue weighted by Gasteiger charge is 2.47. The van der Waals surface area contributed by atoms with Crippen molar-refractivity contribution >= 4 is 11.8 Å². The van der Waals surface area contributed by atoms with Crippen LogP contribution >= 0.6 is 0 Å². The zero-order valence-electron chi connectivity index (χ0n) is 20.7. The Kier molecular flexibility index (Phi) is 6.72. The largest absolute Gasteiger partial charge is 0.493 e. The van der Waals surface area contributed by atoms with Gasteiger partial charge in [-0.2, -0.15) is 0 Å². The summed E-state index contributed by atoms with van der Waals surface area (Å²) in [5, 5.41) is 0. The molecule has 35 heavy (non-hydrogen) atoms. The second kappa shape index (κ2) is 9.92. The van der Waals surface area contributed by atoms with E-state index in [0.29, 0.717) is 30.1 Å². The summed E-state index contributed by atoms with van der Waals surface area (Å²) in [6, 6.07) is 9.62. The van der Waals surface area contributed by atoms with Gasteiger partial charge in [0.25, 0.3) is 0 Å². The topological polar surface area (TPSA) is 71.1 Å². The Morgan fingerprint density at radius 2 is 1.66 bits per heavy atom. The van der Waals surface area contributed by atoms with E-state index < -0.39 is 5.41 Å². The molecule has 0 spiro atoms. The summed E-state index contributed by atoms with van der Waals surface area (Å²) in [5.41, 5.74) is 2.97. The van der Waals surface area contributed by atoms with Crippen molar-refractivity contribution in [2.75, 3.05) is 20.8 Å². The van der Waals surface area contributed by atoms with E-state index >= 15 is 0 Å². The van der Waals surface area contributed by atoms with E-state index in [4.69, 9.17) is 18.9 Å². The Morgan fingerprint density at radius 3 is 2.34 bits per heavy atom. The number of fused-ring (bicyclic) bond motifs is 1. The van der Waals surface area contributed by atoms with Crippen LogP contribution < -0.4 is 14.2 Å². The van der Waals surface area contributed by atoms with Crippen molar-refractivity contribution in [2.24, 2.45) is 5.41 Å². The molecule has 0 atom stereocenters. The van der Waals surface area contributed by atoms with Crippen LogP contribution in [0.1, 0.15) is 73.7 Å². The highest BCUT2D eigenvalue weighted by Crippen LogP contribution is 2.49. The van der Waals surface area contributed by atoms with E-state index in [1.807, 2.05) is 30.3 Å². The van der Waals surface area contributed by atoms with Gasteiger partial charge < -0.3 is 18.9 Å². The van der Waals surface area contributed by atoms with Gasteiger partial charge >= 0.3 is 5.97 Å². The van der Waals surface area contributed by atoms with Crippen molar-refractivity contribution in [3.63, 3.8) is 0 Å². The Hall–Kier alpha value is -3.02. The number of benzene rings is 2. The Labute approximate surface area is 206 Å². The summed E-state index contributed by atoms with van der Waals surface area (Å²) in [6.45, 7) is 0.225. The second-order valence-electron chi connectivity index (χ2n) is 10.0. The summed E-state index contributed by atoms with van der Waals surface area (Å²) in [6.07, 6.45) is 9.12. The fraction of sp³-hybridized carbons (Fsp3) is 0.517. The molecule has 5 rings (SSSR count). The monoisotopic (exact) mass is 478 g/mol. The van der Waals surface area contributed by atoms with E-state index in [9.17, 15) is 9.59 Å². The molecule has 2 fully saturated rings. The molecule has 0 aliphatic heterocycles. The van der Waals surface area contributed by atoms with Crippen molar-refractivity contribution in [3.05, 3.63) is 41.5 Å². The zero-order chi connectivity index (χ0) is 24.4. The van der Waals surface area contributed by atoms with Crippen molar-refractivity contribution in [3.8, 4) is 28.4 Å². The van der Waals surface area contributed by atoms with Crippen LogP contribution in [0.3, 0.4) is 0 Å². The molecule has 2 aromatic carbocycles. The van der Waals surface area contributed by atoms with Gasteiger partial charge in [0.1, 0.15) is 18.1 Å². The average Bonchev–Trinajstić information content (AvgIpc) is 3.24. The molecule has 6 nitrogen and oxygen atoms in total. The van der Waals surface area contributed by atoms with Gasteiger partial charge in [-0.05, 0) is 68.2 Å². The first-order chi connectivity index (χ1) is 17.1. The SMILES string of the molecule is COc1ccc(-c2cccc3c2CCC3=O)c(OCC2(C(=O)OC3CCCCC3)CCC2)c1OC. The number of carbonyl (C=O) groups is 2. The van der Waals surface area contributed by atoms with Crippen LogP contribution in [0.15, 0.2) is 30.3 Å². The molecule has 0 amide bonds. The van der Waals surface area contributed by atoms with Gasteiger partial charge in [-0.3, -0.25) is 9.59 Å². The lowest BCUT2D eigenvalue weighted by molar-refractivity contribution is -0.171. The maximum atomic E-state index is 13.3. The first kappa shape index (κ1) is 23.7. The molecule has 0 radical (unpaired) electrons. The van der Waals surface area contributed by atoms with Crippen LogP contribution in [0.5, 0.6) is 17.2 Å². The van der Waals surface area contributed by atoms with E-state index in [1.165, 1.54) is 6.42 Å². The minimum atomic E-state index is -0.628. The maximum Gasteiger partial charge on any atom is 0.315 e. The quantitative estimate of drug-likeness (QED) is 0.438. The molecule has 186 valence electrons. The number of Topliss-reactive ketones (excluding diaryl/α,β-unsaturated/α-hetero) is 1. The predicted octanol–water partition coefficient (Wildman–Crippen LogP) is 5.92. The molecule has 3 aliphatic rings. The summed E-state index contributed by atoms with van der Waals surface area (Å²) >= 11 is 0. The molecule has 2 aromatic rings. The Balaban J connectivity index is 1.46. The van der Waals surface area contributed by atoms with Gasteiger partial charge in [-0.1, -0.05) is 31.0 Å². The van der Waals surface area contributed by atoms with Crippen LogP contribution in [0.4, 0.5) is 0 Å². The van der Waals surface area contributed by atoms with Gasteiger partial charge in [-0.25, -0.2) is 0 Å². The minimum Gasteiger partial charge on any atom is -0.493 e. The van der Waals surface area contributed by atoms with Crippen molar-refractivity contribution in [2.45, 2.75) is 70.3 Å². The fourth-order valence-corrected chi connectivity index (χ4v) is 5.68. The fourth-order valence-electron chi connectivity index (χ4n) is 5.68. The van der Waals surface area contributed by atoms with Gasteiger partial charge in [0, 0.05) is 17.5 Å². The molecular formula is C29H34O6. The standard InChI is InChI=1S/C29H34O6/c1-32-25-15-13-23(20-10-6-11-22-21(20)12-14-24(22)30)26(27(25)33-2)34-18-29(16-7-17-29)28(31)35-19-8-4-3-5-9-19/h6,10-11,13,15,19H,3-5,7-9,12,14,16-18H2,1-2H3. The van der Waals surface area contributed by atoms with Gasteiger partial charge in [0.05, 0.1) is 14.2 Å². The predicted molar refractivity (Wildman–Crippen MR) is 132 cm³/mol. The van der Waals surface area contributed by atoms with Gasteiger partial charge in [-0.15, -0.1) is 0 Å². The number of hydrogen-bond donors (Lipinski definition) is 0. The van der Waals surface area contributed by atoms with Crippen LogP contribution in [0.2, 0.25) is 0 Å². The van der Waals surface area contributed by atoms with Crippen LogP contribution in [-0.4, -0.2) is 38.7 Å². The molecule has 0 aromatic heterocycles. The summed E-state index contributed by atoms with van der Waals surface area (Å²) < 4.78 is 23.7. The van der Waals surface area contributed by atoms with Crippen molar-refractivity contribution in [1.29, 1.82) is 0 Å². The van der Waals surface area contributed by atoms with Crippen LogP contribution in [0.25, 0.3) is 11.1 Å². The third-order valence-corrected chi connectivity index (χ3v) is 7.93. The number of carbonyl (C=O) groups excluding carboxylic acids is 2. The van der Waals surface area contributed by atoms with E-state index in [1.54, 1.807) is 14.2 Å². The van der Waals surface area contributed by atoms with Crippen LogP contribution in [-0.2, 0) is 16.0 Å². The first-order valence-corrected chi connectivity index (χ1v) is 12.8. The Bertz CT molecular complexity index is 1110. The van der Waals surface area contributed by atoms with Gasteiger partial charge in [0.2, 0.25) is 5.75 Å². The summed E-state index contributed by atoms with van der Waals surface area (Å²) in [5.74, 6) is 1.62. The number of rotatable bonds is 8. The Morgan fingerprint density at radius 1 is 0.886 bits per heavy atom. The van der Waals surface area contributed by atoms with Crippen molar-refractivity contribution in [1.82, 2.24) is 0 Å². The smallest absolute Gasteiger partial charge is 0.315 e. The normalized spacial score (nSPS) is 19.0. The van der Waals surface area contributed by atoms with Gasteiger partial charge in [0.15, 0.2) is 17.3 Å². The maximum absolute atomic E-state index is 13.3. The lowest BCUT2D eigenvalue weighted by Crippen LogP contribution is -2.45. The van der Waals surface area contributed by atoms with E-state index in [2.05, 4.69) is 0 Å². The number of ketones is 1. The lowest BCUT2D eigenvalue weighted by Gasteiger charge is -2.40. The van der Waals surface area contributed by atoms with Crippen LogP contribution in [0, 0.1) is 5.41 Å².